The lowest BCUT2D eigenvalue weighted by Crippen LogP contribution is -2.50. The molecule has 1 aromatic heterocycles. The molecule has 7 nitrogen and oxygen atoms in total. The van der Waals surface area contributed by atoms with Gasteiger partial charge in [-0.2, -0.15) is 9.78 Å². The number of para-hydroxylation sites is 1. The van der Waals surface area contributed by atoms with Crippen LogP contribution in [-0.4, -0.2) is 78.1 Å². The fraction of sp³-hybridized carbons (Fsp3) is 0.393. The summed E-state index contributed by atoms with van der Waals surface area (Å²) in [6.07, 6.45) is 2.76. The van der Waals surface area contributed by atoms with Crippen LogP contribution < -0.4 is 10.5 Å². The Labute approximate surface area is 216 Å². The van der Waals surface area contributed by atoms with Crippen molar-refractivity contribution in [2.45, 2.75) is 17.2 Å². The topological polar surface area (TPSA) is 61.7 Å². The molecule has 8 heteroatoms. The van der Waals surface area contributed by atoms with Crippen molar-refractivity contribution in [3.63, 3.8) is 0 Å². The van der Waals surface area contributed by atoms with Crippen molar-refractivity contribution in [2.24, 2.45) is 5.92 Å². The smallest absolute Gasteiger partial charge is 0.287 e. The third-order valence-corrected chi connectivity index (χ3v) is 8.03. The molecule has 2 heterocycles. The van der Waals surface area contributed by atoms with Gasteiger partial charge in [-0.25, -0.2) is 0 Å². The van der Waals surface area contributed by atoms with E-state index in [1.165, 1.54) is 10.2 Å². The van der Waals surface area contributed by atoms with Gasteiger partial charge in [0.15, 0.2) is 0 Å². The summed E-state index contributed by atoms with van der Waals surface area (Å²) in [5.74, 6) is 1.54. The van der Waals surface area contributed by atoms with Gasteiger partial charge < -0.3 is 14.7 Å². The molecule has 0 radical (unpaired) electrons. The van der Waals surface area contributed by atoms with E-state index in [1.54, 1.807) is 11.8 Å². The number of thioether (sulfide) groups is 1. The van der Waals surface area contributed by atoms with Gasteiger partial charge in [-0.05, 0) is 44.1 Å². The molecule has 2 atom stereocenters. The lowest BCUT2D eigenvalue weighted by atomic mass is 10.1. The second kappa shape index (κ2) is 10.9. The minimum absolute atomic E-state index is 0.0929. The second-order valence-electron chi connectivity index (χ2n) is 9.73. The maximum Gasteiger partial charge on any atom is 0.287 e. The number of piperazine rings is 1. The molecule has 5 rings (SSSR count). The predicted octanol–water partition coefficient (Wildman–Crippen LogP) is 3.34. The average Bonchev–Trinajstić information content (AvgIpc) is 3.71. The van der Waals surface area contributed by atoms with Crippen LogP contribution in [0.1, 0.15) is 17.9 Å². The molecule has 0 N–H and O–H groups in total. The maximum absolute atomic E-state index is 13.5. The highest BCUT2D eigenvalue weighted by Crippen LogP contribution is 2.48. The molecule has 0 bridgehead atoms. The molecule has 36 heavy (non-hydrogen) atoms. The highest BCUT2D eigenvalue weighted by Gasteiger charge is 2.46. The Morgan fingerprint density at radius 1 is 1.00 bits per heavy atom. The molecule has 1 saturated heterocycles. The van der Waals surface area contributed by atoms with E-state index in [4.69, 9.17) is 0 Å². The molecule has 0 spiro atoms. The lowest BCUT2D eigenvalue weighted by Gasteiger charge is -2.36. The molecule has 2 fully saturated rings. The molecule has 1 saturated carbocycles. The molecule has 188 valence electrons. The van der Waals surface area contributed by atoms with Crippen molar-refractivity contribution in [3.8, 4) is 5.69 Å². The molecule has 2 aliphatic rings. The van der Waals surface area contributed by atoms with Crippen LogP contribution in [0.2, 0.25) is 0 Å². The van der Waals surface area contributed by atoms with E-state index in [0.717, 1.165) is 35.0 Å². The fourth-order valence-corrected chi connectivity index (χ4v) is 6.01. The van der Waals surface area contributed by atoms with Gasteiger partial charge in [0.2, 0.25) is 5.91 Å². The zero-order valence-corrected chi connectivity index (χ0v) is 21.7. The minimum Gasteiger partial charge on any atom is -0.366 e. The van der Waals surface area contributed by atoms with Crippen molar-refractivity contribution in [1.29, 1.82) is 0 Å². The Morgan fingerprint density at radius 2 is 1.67 bits per heavy atom. The quantitative estimate of drug-likeness (QED) is 0.440. The monoisotopic (exact) mass is 503 g/mol. The van der Waals surface area contributed by atoms with Gasteiger partial charge in [0.25, 0.3) is 5.56 Å². The molecular formula is C28H33N5O2S. The summed E-state index contributed by atoms with van der Waals surface area (Å²) in [6.45, 7) is 3.61. The molecule has 0 unspecified atom stereocenters. The Kier molecular flexibility index (Phi) is 7.43. The summed E-state index contributed by atoms with van der Waals surface area (Å²) in [7, 11) is 4.07. The van der Waals surface area contributed by atoms with Crippen LogP contribution >= 0.6 is 11.8 Å². The SMILES string of the molecule is CN(C)CCSc1c(N2CCN(C(=O)[C@@H]3C[C@H]3c3ccccc3)CC2)cnn(-c2ccccc2)c1=O. The standard InChI is InChI=1S/C28H33N5O2S/c1-30(2)17-18-36-26-25(20-29-33(28(26)35)22-11-7-4-8-12-22)31-13-15-32(16-14-31)27(34)24-19-23(24)21-9-5-3-6-10-21/h3-12,20,23-24H,13-19H2,1-2H3/t23-,24+/m0/s1. The van der Waals surface area contributed by atoms with E-state index in [1.807, 2.05) is 73.7 Å². The van der Waals surface area contributed by atoms with Gasteiger partial charge in [-0.1, -0.05) is 48.5 Å². The first kappa shape index (κ1) is 24.6. The van der Waals surface area contributed by atoms with Crippen molar-refractivity contribution in [1.82, 2.24) is 19.6 Å². The van der Waals surface area contributed by atoms with Gasteiger partial charge in [-0.15, -0.1) is 11.8 Å². The summed E-state index contributed by atoms with van der Waals surface area (Å²) < 4.78 is 1.48. The number of aromatic nitrogens is 2. The Balaban J connectivity index is 1.29. The average molecular weight is 504 g/mol. The Bertz CT molecular complexity index is 1240. The highest BCUT2D eigenvalue weighted by molar-refractivity contribution is 7.99. The first-order valence-corrected chi connectivity index (χ1v) is 13.6. The van der Waals surface area contributed by atoms with Crippen LogP contribution in [0.15, 0.2) is 76.6 Å². The van der Waals surface area contributed by atoms with Crippen molar-refractivity contribution in [3.05, 3.63) is 82.8 Å². The highest BCUT2D eigenvalue weighted by atomic mass is 32.2. The number of carbonyl (C=O) groups excluding carboxylic acids is 1. The Hall–Kier alpha value is -3.10. The number of hydrogen-bond donors (Lipinski definition) is 0. The number of hydrogen-bond acceptors (Lipinski definition) is 6. The first-order chi connectivity index (χ1) is 17.5. The summed E-state index contributed by atoms with van der Waals surface area (Å²) in [5.41, 5.74) is 2.80. The largest absolute Gasteiger partial charge is 0.366 e. The summed E-state index contributed by atoms with van der Waals surface area (Å²) in [5, 5.41) is 4.52. The number of amides is 1. The van der Waals surface area contributed by atoms with Crippen LogP contribution in [0.5, 0.6) is 0 Å². The molecule has 2 aromatic carbocycles. The Morgan fingerprint density at radius 3 is 2.33 bits per heavy atom. The number of rotatable bonds is 8. The molecular weight excluding hydrogens is 470 g/mol. The number of carbonyl (C=O) groups is 1. The summed E-state index contributed by atoms with van der Waals surface area (Å²) >= 11 is 1.59. The van der Waals surface area contributed by atoms with E-state index < -0.39 is 0 Å². The van der Waals surface area contributed by atoms with Crippen LogP contribution in [0.25, 0.3) is 5.69 Å². The van der Waals surface area contributed by atoms with Gasteiger partial charge >= 0.3 is 0 Å². The fourth-order valence-electron chi connectivity index (χ4n) is 4.81. The molecule has 1 aliphatic heterocycles. The first-order valence-electron chi connectivity index (χ1n) is 12.6. The van der Waals surface area contributed by atoms with Gasteiger partial charge in [0, 0.05) is 44.4 Å². The summed E-state index contributed by atoms with van der Waals surface area (Å²) in [6, 6.07) is 19.9. The lowest BCUT2D eigenvalue weighted by molar-refractivity contribution is -0.133. The normalized spacial score (nSPS) is 19.5. The van der Waals surface area contributed by atoms with E-state index in [2.05, 4.69) is 27.0 Å². The number of anilines is 1. The van der Waals surface area contributed by atoms with Gasteiger partial charge in [0.05, 0.1) is 22.5 Å². The molecule has 3 aromatic rings. The second-order valence-corrected chi connectivity index (χ2v) is 10.8. The van der Waals surface area contributed by atoms with Crippen LogP contribution in [0, 0.1) is 5.92 Å². The summed E-state index contributed by atoms with van der Waals surface area (Å²) in [4.78, 5) is 33.7. The zero-order chi connectivity index (χ0) is 25.1. The minimum atomic E-state index is -0.0929. The van der Waals surface area contributed by atoms with Crippen LogP contribution in [0.4, 0.5) is 5.69 Å². The van der Waals surface area contributed by atoms with Crippen molar-refractivity contribution >= 4 is 23.4 Å². The third-order valence-electron chi connectivity index (χ3n) is 6.97. The van der Waals surface area contributed by atoms with E-state index in [9.17, 15) is 9.59 Å². The maximum atomic E-state index is 13.5. The van der Waals surface area contributed by atoms with E-state index in [0.29, 0.717) is 32.1 Å². The van der Waals surface area contributed by atoms with Gasteiger partial charge in [-0.3, -0.25) is 9.59 Å². The molecule has 1 amide bonds. The van der Waals surface area contributed by atoms with Crippen molar-refractivity contribution < 1.29 is 4.79 Å². The third kappa shape index (κ3) is 5.34. The van der Waals surface area contributed by atoms with Gasteiger partial charge in [0.1, 0.15) is 0 Å². The van der Waals surface area contributed by atoms with Crippen LogP contribution in [0.3, 0.4) is 0 Å². The van der Waals surface area contributed by atoms with Crippen molar-refractivity contribution in [2.75, 3.05) is 57.5 Å². The van der Waals surface area contributed by atoms with E-state index >= 15 is 0 Å². The predicted molar refractivity (Wildman–Crippen MR) is 145 cm³/mol. The number of benzene rings is 2. The van der Waals surface area contributed by atoms with Crippen LogP contribution in [-0.2, 0) is 4.79 Å². The number of nitrogens with zero attached hydrogens (tertiary/aromatic N) is 5. The molecule has 1 aliphatic carbocycles. The zero-order valence-electron chi connectivity index (χ0n) is 20.9. The van der Waals surface area contributed by atoms with E-state index in [-0.39, 0.29) is 17.4 Å².